The van der Waals surface area contributed by atoms with Crippen LogP contribution in [0.4, 0.5) is 10.5 Å². The van der Waals surface area contributed by atoms with Gasteiger partial charge in [-0.25, -0.2) is 9.10 Å². The number of benzene rings is 2. The Labute approximate surface area is 258 Å². The van der Waals surface area contributed by atoms with Crippen LogP contribution in [0.1, 0.15) is 61.8 Å². The Morgan fingerprint density at radius 3 is 2.35 bits per heavy atom. The Balaban J connectivity index is 0.00000180. The smallest absolute Gasteiger partial charge is 0.410 e. The summed E-state index contributed by atoms with van der Waals surface area (Å²) in [5, 5.41) is 0. The van der Waals surface area contributed by atoms with Gasteiger partial charge in [0.15, 0.2) is 11.5 Å². The average Bonchev–Trinajstić information content (AvgIpc) is 3.42. The van der Waals surface area contributed by atoms with Crippen LogP contribution in [0, 0.1) is 0 Å². The molecule has 10 heteroatoms. The third-order valence-electron chi connectivity index (χ3n) is 7.16. The Kier molecular flexibility index (Phi) is 9.46. The van der Waals surface area contributed by atoms with Gasteiger partial charge in [0.05, 0.1) is 0 Å². The van der Waals surface area contributed by atoms with Gasteiger partial charge in [0.25, 0.3) is 0 Å². The summed E-state index contributed by atoms with van der Waals surface area (Å²) in [5.41, 5.74) is 3.74. The van der Waals surface area contributed by atoms with Crippen LogP contribution < -0.4 is 14.4 Å². The zero-order valence-corrected chi connectivity index (χ0v) is 26.4. The van der Waals surface area contributed by atoms with Gasteiger partial charge in [-0.15, -0.1) is 0 Å². The third-order valence-corrected chi connectivity index (χ3v) is 8.14. The zero-order valence-electron chi connectivity index (χ0n) is 25.6. The van der Waals surface area contributed by atoms with E-state index in [0.717, 1.165) is 46.3 Å². The number of carbonyl (C=O) groups excluding carboxylic acids is 2. The molecule has 1 saturated heterocycles. The maximum absolute atomic E-state index is 13.5. The molecule has 0 radical (unpaired) electrons. The maximum atomic E-state index is 13.5. The Morgan fingerprint density at radius 2 is 1.60 bits per heavy atom. The van der Waals surface area contributed by atoms with E-state index in [0.29, 0.717) is 50.7 Å². The van der Waals surface area contributed by atoms with E-state index in [1.807, 2.05) is 89.3 Å². The molecule has 0 atom stereocenters. The predicted octanol–water partition coefficient (Wildman–Crippen LogP) is 6.19. The molecular formula is C33H40N4O5S. The van der Waals surface area contributed by atoms with Crippen LogP contribution >= 0.6 is 11.9 Å². The fourth-order valence-electron chi connectivity index (χ4n) is 5.13. The summed E-state index contributed by atoms with van der Waals surface area (Å²) in [6.45, 7) is 14.7. The molecule has 3 aromatic rings. The van der Waals surface area contributed by atoms with Gasteiger partial charge in [-0.3, -0.25) is 9.78 Å². The Bertz CT molecular complexity index is 1470. The molecule has 4 heterocycles. The molecule has 0 N–H and O–H groups in total. The lowest BCUT2D eigenvalue weighted by molar-refractivity contribution is 0.0240. The number of nitrogens with zero attached hydrogens (tertiary/aromatic N) is 4. The standard InChI is InChI=1S/C31H34N4O5S.C2H6/c1-31(2,3)40-30(37)34-11-9-33(10-12-34)24-6-4-5-21(15-24)29(36)26-16-22-19-35(20-23(22)18-32-26)41-25-7-8-27-28(17-25)39-14-13-38-27;1-2/h4-8,15-18H,9-14,19-20H2,1-3H3;1-2H3. The molecule has 228 valence electrons. The highest BCUT2D eigenvalue weighted by molar-refractivity contribution is 7.97. The molecule has 43 heavy (non-hydrogen) atoms. The van der Waals surface area contributed by atoms with Crippen molar-refractivity contribution >= 4 is 29.5 Å². The number of anilines is 1. The van der Waals surface area contributed by atoms with E-state index in [-0.39, 0.29) is 11.9 Å². The van der Waals surface area contributed by atoms with Gasteiger partial charge in [0.2, 0.25) is 5.78 Å². The summed E-state index contributed by atoms with van der Waals surface area (Å²) in [5.74, 6) is 1.46. The van der Waals surface area contributed by atoms with Gasteiger partial charge in [-0.05, 0) is 80.2 Å². The van der Waals surface area contributed by atoms with Crippen LogP contribution in [-0.2, 0) is 17.8 Å². The van der Waals surface area contributed by atoms with Crippen molar-refractivity contribution in [3.63, 3.8) is 0 Å². The van der Waals surface area contributed by atoms with Crippen LogP contribution in [0.2, 0.25) is 0 Å². The second-order valence-electron chi connectivity index (χ2n) is 11.4. The van der Waals surface area contributed by atoms with Gasteiger partial charge < -0.3 is 24.0 Å². The first-order valence-corrected chi connectivity index (χ1v) is 15.7. The highest BCUT2D eigenvalue weighted by Gasteiger charge is 2.27. The van der Waals surface area contributed by atoms with Crippen molar-refractivity contribution < 1.29 is 23.8 Å². The first-order valence-electron chi connectivity index (χ1n) is 14.9. The zero-order chi connectivity index (χ0) is 30.6. The van der Waals surface area contributed by atoms with Crippen molar-refractivity contribution in [1.29, 1.82) is 0 Å². The summed E-state index contributed by atoms with van der Waals surface area (Å²) < 4.78 is 19.1. The number of aromatic nitrogens is 1. The fourth-order valence-corrected chi connectivity index (χ4v) is 6.13. The summed E-state index contributed by atoms with van der Waals surface area (Å²) in [4.78, 5) is 35.4. The molecule has 0 aliphatic carbocycles. The number of pyridine rings is 1. The molecule has 0 unspecified atom stereocenters. The molecule has 0 spiro atoms. The largest absolute Gasteiger partial charge is 0.486 e. The quantitative estimate of drug-likeness (QED) is 0.250. The van der Waals surface area contributed by atoms with E-state index in [1.165, 1.54) is 0 Å². The number of hydrogen-bond acceptors (Lipinski definition) is 9. The molecule has 2 aromatic carbocycles. The lowest BCUT2D eigenvalue weighted by Crippen LogP contribution is -2.50. The number of amides is 1. The van der Waals surface area contributed by atoms with Crippen LogP contribution in [0.3, 0.4) is 0 Å². The van der Waals surface area contributed by atoms with Crippen LogP contribution in [0.25, 0.3) is 0 Å². The van der Waals surface area contributed by atoms with E-state index < -0.39 is 5.60 Å². The third kappa shape index (κ3) is 7.43. The SMILES string of the molecule is CC.CC(C)(C)OC(=O)N1CCN(c2cccc(C(=O)c3cc4c(cn3)CN(Sc3ccc5c(c3)OCCO5)C4)c2)CC1. The fraction of sp³-hybridized carbons (Fsp3) is 0.424. The van der Waals surface area contributed by atoms with Gasteiger partial charge in [-0.2, -0.15) is 0 Å². The molecule has 0 bridgehead atoms. The van der Waals surface area contributed by atoms with Gasteiger partial charge >= 0.3 is 6.09 Å². The van der Waals surface area contributed by atoms with Crippen LogP contribution in [0.5, 0.6) is 11.5 Å². The normalized spacial score (nSPS) is 16.2. The Hall–Kier alpha value is -3.76. The summed E-state index contributed by atoms with van der Waals surface area (Å²) >= 11 is 1.66. The van der Waals surface area contributed by atoms with Crippen molar-refractivity contribution in [2.75, 3.05) is 44.3 Å². The molecule has 9 nitrogen and oxygen atoms in total. The van der Waals surface area contributed by atoms with E-state index >= 15 is 0 Å². The van der Waals surface area contributed by atoms with Crippen molar-refractivity contribution in [3.05, 3.63) is 77.1 Å². The second kappa shape index (κ2) is 13.3. The topological polar surface area (TPSA) is 84.4 Å². The number of carbonyl (C=O) groups is 2. The van der Waals surface area contributed by atoms with Crippen LogP contribution in [0.15, 0.2) is 59.6 Å². The summed E-state index contributed by atoms with van der Waals surface area (Å²) in [7, 11) is 0. The molecular weight excluding hydrogens is 564 g/mol. The molecule has 3 aliphatic rings. The van der Waals surface area contributed by atoms with Crippen molar-refractivity contribution in [2.24, 2.45) is 0 Å². The van der Waals surface area contributed by atoms with Gasteiger partial charge in [-0.1, -0.05) is 26.0 Å². The molecule has 3 aliphatic heterocycles. The number of ketones is 1. The van der Waals surface area contributed by atoms with Crippen LogP contribution in [-0.4, -0.2) is 71.1 Å². The number of rotatable bonds is 5. The summed E-state index contributed by atoms with van der Waals surface area (Å²) in [6.07, 6.45) is 1.54. The first kappa shape index (κ1) is 30.7. The highest BCUT2D eigenvalue weighted by Crippen LogP contribution is 2.38. The molecule has 6 rings (SSSR count). The number of hydrogen-bond donors (Lipinski definition) is 0. The van der Waals surface area contributed by atoms with Crippen molar-refractivity contribution in [3.8, 4) is 11.5 Å². The van der Waals surface area contributed by atoms with E-state index in [4.69, 9.17) is 14.2 Å². The Morgan fingerprint density at radius 1 is 0.884 bits per heavy atom. The molecule has 0 saturated carbocycles. The first-order chi connectivity index (χ1) is 20.7. The van der Waals surface area contributed by atoms with Gasteiger partial charge in [0.1, 0.15) is 24.5 Å². The minimum Gasteiger partial charge on any atom is -0.486 e. The monoisotopic (exact) mass is 604 g/mol. The van der Waals surface area contributed by atoms with E-state index in [2.05, 4.69) is 14.2 Å². The summed E-state index contributed by atoms with van der Waals surface area (Å²) in [6, 6.07) is 15.6. The van der Waals surface area contributed by atoms with E-state index in [9.17, 15) is 9.59 Å². The number of fused-ring (bicyclic) bond motifs is 2. The van der Waals surface area contributed by atoms with Crippen molar-refractivity contribution in [1.82, 2.24) is 14.2 Å². The maximum Gasteiger partial charge on any atom is 0.410 e. The molecule has 1 amide bonds. The molecule has 1 aromatic heterocycles. The minimum atomic E-state index is -0.516. The lowest BCUT2D eigenvalue weighted by Gasteiger charge is -2.36. The minimum absolute atomic E-state index is 0.0972. The van der Waals surface area contributed by atoms with Crippen molar-refractivity contribution in [2.45, 2.75) is 58.2 Å². The highest BCUT2D eigenvalue weighted by atomic mass is 32.2. The number of piperazine rings is 1. The number of ether oxygens (including phenoxy) is 3. The average molecular weight is 605 g/mol. The van der Waals surface area contributed by atoms with E-state index in [1.54, 1.807) is 16.8 Å². The predicted molar refractivity (Wildman–Crippen MR) is 168 cm³/mol. The second-order valence-corrected chi connectivity index (χ2v) is 12.5. The van der Waals surface area contributed by atoms with Gasteiger partial charge in [0, 0.05) is 61.6 Å². The molecule has 1 fully saturated rings. The lowest BCUT2D eigenvalue weighted by atomic mass is 10.0.